The van der Waals surface area contributed by atoms with Gasteiger partial charge in [-0.3, -0.25) is 4.79 Å². The van der Waals surface area contributed by atoms with Gasteiger partial charge in [0.15, 0.2) is 0 Å². The molecule has 0 bridgehead atoms. The maximum Gasteiger partial charge on any atom is 0.222 e. The molecular formula is C21H21FN2OS. The van der Waals surface area contributed by atoms with E-state index < -0.39 is 0 Å². The molecule has 1 aliphatic heterocycles. The average Bonchev–Trinajstić information content (AvgIpc) is 3.32. The van der Waals surface area contributed by atoms with Gasteiger partial charge in [0, 0.05) is 41.5 Å². The highest BCUT2D eigenvalue weighted by molar-refractivity contribution is 7.11. The van der Waals surface area contributed by atoms with Crippen molar-refractivity contribution in [1.82, 2.24) is 9.88 Å². The number of aromatic amines is 1. The molecule has 3 nitrogen and oxygen atoms in total. The van der Waals surface area contributed by atoms with Gasteiger partial charge in [0.1, 0.15) is 5.82 Å². The summed E-state index contributed by atoms with van der Waals surface area (Å²) >= 11 is 1.75. The summed E-state index contributed by atoms with van der Waals surface area (Å²) in [4.78, 5) is 18.9. The summed E-state index contributed by atoms with van der Waals surface area (Å²) in [5, 5.41) is 3.00. The quantitative estimate of drug-likeness (QED) is 0.675. The predicted octanol–water partition coefficient (Wildman–Crippen LogP) is 5.01. The average molecular weight is 368 g/mol. The van der Waals surface area contributed by atoms with Crippen molar-refractivity contribution in [2.45, 2.75) is 25.7 Å². The number of thiophene rings is 1. The van der Waals surface area contributed by atoms with Crippen molar-refractivity contribution in [1.29, 1.82) is 0 Å². The van der Waals surface area contributed by atoms with E-state index in [0.29, 0.717) is 13.0 Å². The number of benzene rings is 1. The number of halogens is 1. The Morgan fingerprint density at radius 3 is 3.00 bits per heavy atom. The number of hydrogen-bond acceptors (Lipinski definition) is 2. The topological polar surface area (TPSA) is 36.1 Å². The molecule has 0 spiro atoms. The van der Waals surface area contributed by atoms with Crippen LogP contribution in [-0.2, 0) is 11.2 Å². The Morgan fingerprint density at radius 2 is 2.23 bits per heavy atom. The maximum atomic E-state index is 13.4. The lowest BCUT2D eigenvalue weighted by atomic mass is 10.0. The van der Waals surface area contributed by atoms with E-state index in [9.17, 15) is 9.18 Å². The number of aromatic nitrogens is 1. The number of amides is 1. The summed E-state index contributed by atoms with van der Waals surface area (Å²) in [7, 11) is 0. The van der Waals surface area contributed by atoms with Crippen LogP contribution in [0.5, 0.6) is 0 Å². The van der Waals surface area contributed by atoms with E-state index >= 15 is 0 Å². The minimum Gasteiger partial charge on any atom is -0.361 e. The Morgan fingerprint density at radius 1 is 1.31 bits per heavy atom. The van der Waals surface area contributed by atoms with Crippen LogP contribution in [0.3, 0.4) is 0 Å². The number of fused-ring (bicyclic) bond motifs is 1. The highest BCUT2D eigenvalue weighted by Crippen LogP contribution is 2.26. The summed E-state index contributed by atoms with van der Waals surface area (Å²) in [5.41, 5.74) is 3.37. The zero-order chi connectivity index (χ0) is 17.9. The number of H-pyrrole nitrogens is 1. The van der Waals surface area contributed by atoms with E-state index in [4.69, 9.17) is 0 Å². The van der Waals surface area contributed by atoms with Gasteiger partial charge in [-0.2, -0.15) is 0 Å². The zero-order valence-electron chi connectivity index (χ0n) is 14.5. The van der Waals surface area contributed by atoms with Gasteiger partial charge in [0.25, 0.3) is 0 Å². The van der Waals surface area contributed by atoms with Crippen LogP contribution in [0.4, 0.5) is 4.39 Å². The largest absolute Gasteiger partial charge is 0.361 e. The van der Waals surface area contributed by atoms with Crippen molar-refractivity contribution in [2.24, 2.45) is 0 Å². The fourth-order valence-electron chi connectivity index (χ4n) is 3.53. The molecule has 134 valence electrons. The molecule has 1 amide bonds. The minimum absolute atomic E-state index is 0.206. The molecule has 3 heterocycles. The first kappa shape index (κ1) is 17.0. The molecule has 3 aromatic rings. The van der Waals surface area contributed by atoms with Crippen molar-refractivity contribution in [3.63, 3.8) is 0 Å². The summed E-state index contributed by atoms with van der Waals surface area (Å²) in [6.07, 6.45) is 7.11. The first-order valence-electron chi connectivity index (χ1n) is 8.97. The monoisotopic (exact) mass is 368 g/mol. The number of hydrogen-bond donors (Lipinski definition) is 1. The van der Waals surface area contributed by atoms with Gasteiger partial charge in [-0.05, 0) is 60.0 Å². The summed E-state index contributed by atoms with van der Waals surface area (Å²) in [6, 6.07) is 8.97. The lowest BCUT2D eigenvalue weighted by Gasteiger charge is -2.26. The van der Waals surface area contributed by atoms with Crippen LogP contribution in [-0.4, -0.2) is 28.9 Å². The molecule has 0 atom stereocenters. The third-order valence-corrected chi connectivity index (χ3v) is 5.91. The molecule has 0 unspecified atom stereocenters. The third kappa shape index (κ3) is 3.58. The SMILES string of the molecule is O=C(CCCc1c[nH]c2ccc(F)cc12)N1CC=C(c2cccs2)CC1. The van der Waals surface area contributed by atoms with Crippen LogP contribution in [0.25, 0.3) is 16.5 Å². The first-order chi connectivity index (χ1) is 12.7. The second-order valence-electron chi connectivity index (χ2n) is 6.65. The van der Waals surface area contributed by atoms with Crippen molar-refractivity contribution < 1.29 is 9.18 Å². The number of nitrogens with one attached hydrogen (secondary N) is 1. The van der Waals surface area contributed by atoms with Crippen LogP contribution < -0.4 is 0 Å². The molecule has 0 radical (unpaired) electrons. The minimum atomic E-state index is -0.226. The van der Waals surface area contributed by atoms with E-state index in [1.807, 2.05) is 11.1 Å². The maximum absolute atomic E-state index is 13.4. The molecule has 26 heavy (non-hydrogen) atoms. The van der Waals surface area contributed by atoms with Crippen molar-refractivity contribution in [2.75, 3.05) is 13.1 Å². The molecule has 2 aromatic heterocycles. The standard InChI is InChI=1S/C21H21FN2OS/c22-17-6-7-19-18(13-17)16(14-23-19)3-1-5-21(25)24-10-8-15(9-11-24)20-4-2-12-26-20/h2,4,6-8,12-14,23H,1,3,5,9-11H2. The molecule has 1 N–H and O–H groups in total. The molecule has 4 rings (SSSR count). The van der Waals surface area contributed by atoms with Crippen LogP contribution in [0, 0.1) is 5.82 Å². The van der Waals surface area contributed by atoms with E-state index in [0.717, 1.165) is 42.3 Å². The van der Waals surface area contributed by atoms with Gasteiger partial charge in [-0.1, -0.05) is 12.1 Å². The second kappa shape index (κ2) is 7.46. The van der Waals surface area contributed by atoms with E-state index in [-0.39, 0.29) is 11.7 Å². The van der Waals surface area contributed by atoms with Gasteiger partial charge >= 0.3 is 0 Å². The Balaban J connectivity index is 1.31. The van der Waals surface area contributed by atoms with Crippen LogP contribution in [0.2, 0.25) is 0 Å². The first-order valence-corrected chi connectivity index (χ1v) is 9.85. The summed E-state index contributed by atoms with van der Waals surface area (Å²) < 4.78 is 13.4. The van der Waals surface area contributed by atoms with Gasteiger partial charge < -0.3 is 9.88 Å². The van der Waals surface area contributed by atoms with Crippen LogP contribution >= 0.6 is 11.3 Å². The molecule has 0 fully saturated rings. The molecule has 1 aromatic carbocycles. The summed E-state index contributed by atoms with van der Waals surface area (Å²) in [6.45, 7) is 1.49. The number of nitrogens with zero attached hydrogens (tertiary/aromatic N) is 1. The van der Waals surface area contributed by atoms with Crippen LogP contribution in [0.15, 0.2) is 48.0 Å². The van der Waals surface area contributed by atoms with Gasteiger partial charge in [0.05, 0.1) is 0 Å². The molecular weight excluding hydrogens is 347 g/mol. The van der Waals surface area contributed by atoms with Gasteiger partial charge in [-0.25, -0.2) is 4.39 Å². The lowest BCUT2D eigenvalue weighted by Crippen LogP contribution is -2.34. The van der Waals surface area contributed by atoms with Gasteiger partial charge in [-0.15, -0.1) is 11.3 Å². The summed E-state index contributed by atoms with van der Waals surface area (Å²) in [5.74, 6) is -0.0198. The normalized spacial score (nSPS) is 14.7. The fraction of sp³-hybridized carbons (Fsp3) is 0.286. The van der Waals surface area contributed by atoms with Crippen LogP contribution in [0.1, 0.15) is 29.7 Å². The molecule has 1 aliphatic rings. The van der Waals surface area contributed by atoms with Crippen molar-refractivity contribution in [3.05, 3.63) is 64.2 Å². The number of rotatable bonds is 5. The number of aryl methyl sites for hydroxylation is 1. The fourth-order valence-corrected chi connectivity index (χ4v) is 4.32. The highest BCUT2D eigenvalue weighted by atomic mass is 32.1. The van der Waals surface area contributed by atoms with E-state index in [2.05, 4.69) is 28.6 Å². The third-order valence-electron chi connectivity index (χ3n) is 4.97. The van der Waals surface area contributed by atoms with Crippen molar-refractivity contribution >= 4 is 33.7 Å². The molecule has 0 saturated carbocycles. The Labute approximate surface area is 156 Å². The Bertz CT molecular complexity index is 942. The van der Waals surface area contributed by atoms with Crippen molar-refractivity contribution in [3.8, 4) is 0 Å². The smallest absolute Gasteiger partial charge is 0.222 e. The lowest BCUT2D eigenvalue weighted by molar-refractivity contribution is -0.130. The number of carbonyl (C=O) groups is 1. The molecule has 0 saturated heterocycles. The second-order valence-corrected chi connectivity index (χ2v) is 7.60. The molecule has 0 aliphatic carbocycles. The number of carbonyl (C=O) groups excluding carboxylic acids is 1. The van der Waals surface area contributed by atoms with E-state index in [1.165, 1.54) is 16.5 Å². The predicted molar refractivity (Wildman–Crippen MR) is 105 cm³/mol. The highest BCUT2D eigenvalue weighted by Gasteiger charge is 2.18. The van der Waals surface area contributed by atoms with Gasteiger partial charge in [0.2, 0.25) is 5.91 Å². The Kier molecular flexibility index (Phi) is 4.89. The zero-order valence-corrected chi connectivity index (χ0v) is 15.3. The Hall–Kier alpha value is -2.40. The van der Waals surface area contributed by atoms with E-state index in [1.54, 1.807) is 23.5 Å². The molecule has 5 heteroatoms.